The molecule has 0 aliphatic carbocycles. The first kappa shape index (κ1) is 21.7. The number of rotatable bonds is 3. The Labute approximate surface area is 174 Å². The highest BCUT2D eigenvalue weighted by atomic mass is 35.5. The molecule has 8 heteroatoms. The molecule has 1 aliphatic rings. The first-order valence-electron chi connectivity index (χ1n) is 8.46. The second kappa shape index (κ2) is 9.56. The molecule has 28 heavy (non-hydrogen) atoms. The maximum atomic E-state index is 12.3. The van der Waals surface area contributed by atoms with Crippen LogP contribution in [0.5, 0.6) is 0 Å². The molecule has 1 atom stereocenters. The summed E-state index contributed by atoms with van der Waals surface area (Å²) in [5, 5.41) is 12.0. The van der Waals surface area contributed by atoms with Gasteiger partial charge in [0.2, 0.25) is 0 Å². The molecule has 2 aromatic carbocycles. The van der Waals surface area contributed by atoms with Crippen LogP contribution in [0.25, 0.3) is 0 Å². The molecule has 0 bridgehead atoms. The summed E-state index contributed by atoms with van der Waals surface area (Å²) in [5.41, 5.74) is 2.30. The van der Waals surface area contributed by atoms with Crippen molar-refractivity contribution in [1.82, 2.24) is 10.2 Å². The van der Waals surface area contributed by atoms with E-state index in [4.69, 9.17) is 28.5 Å². The Morgan fingerprint density at radius 1 is 1.11 bits per heavy atom. The molecule has 146 valence electrons. The average Bonchev–Trinajstić information content (AvgIpc) is 2.86. The molecular formula is C20H20Cl2N4O2. The predicted molar refractivity (Wildman–Crippen MR) is 111 cm³/mol. The Hall–Kier alpha value is -2.59. The fourth-order valence-electron chi connectivity index (χ4n) is 2.65. The van der Waals surface area contributed by atoms with Gasteiger partial charge in [-0.3, -0.25) is 4.79 Å². The smallest absolute Gasteiger partial charge is 0.317 e. The zero-order valence-electron chi connectivity index (χ0n) is 15.7. The minimum atomic E-state index is -0.518. The van der Waals surface area contributed by atoms with Crippen LogP contribution in [0.1, 0.15) is 11.1 Å². The zero-order valence-corrected chi connectivity index (χ0v) is 17.3. The summed E-state index contributed by atoms with van der Waals surface area (Å²) in [6.45, 7) is 2.40. The van der Waals surface area contributed by atoms with Crippen LogP contribution in [0.2, 0.25) is 10.0 Å². The average molecular weight is 419 g/mol. The maximum absolute atomic E-state index is 12.3. The molecule has 2 aromatic rings. The monoisotopic (exact) mass is 418 g/mol. The Bertz CT molecular complexity index is 889. The van der Waals surface area contributed by atoms with Crippen LogP contribution in [-0.2, 0) is 4.79 Å². The minimum absolute atomic E-state index is 0.291. The molecule has 1 heterocycles. The largest absolute Gasteiger partial charge is 0.331 e. The SMILES string of the molecule is CNC[C@@H]1C(=O)N(c2cc(Cl)cc(Cl)c2)C(=O)N1C.Cc1ccc(C#N)cc1. The lowest BCUT2D eigenvalue weighted by Crippen LogP contribution is -2.39. The number of nitriles is 1. The molecule has 0 saturated carbocycles. The summed E-state index contributed by atoms with van der Waals surface area (Å²) >= 11 is 11.8. The number of benzene rings is 2. The second-order valence-electron chi connectivity index (χ2n) is 6.25. The molecule has 1 fully saturated rings. The maximum Gasteiger partial charge on any atom is 0.331 e. The highest BCUT2D eigenvalue weighted by Gasteiger charge is 2.43. The van der Waals surface area contributed by atoms with Crippen LogP contribution in [0.4, 0.5) is 10.5 Å². The summed E-state index contributed by atoms with van der Waals surface area (Å²) in [6, 6.07) is 13.3. The third kappa shape index (κ3) is 5.02. The van der Waals surface area contributed by atoms with E-state index in [2.05, 4.69) is 11.4 Å². The van der Waals surface area contributed by atoms with Crippen LogP contribution in [0, 0.1) is 18.3 Å². The van der Waals surface area contributed by atoms with E-state index in [9.17, 15) is 9.59 Å². The molecule has 0 aromatic heterocycles. The van der Waals surface area contributed by atoms with E-state index in [1.165, 1.54) is 10.5 Å². The van der Waals surface area contributed by atoms with E-state index in [0.29, 0.717) is 22.3 Å². The summed E-state index contributed by atoms with van der Waals surface area (Å²) in [5.74, 6) is -0.291. The minimum Gasteiger partial charge on any atom is -0.317 e. The van der Waals surface area contributed by atoms with Gasteiger partial charge in [-0.2, -0.15) is 5.26 Å². The van der Waals surface area contributed by atoms with E-state index in [1.807, 2.05) is 31.2 Å². The van der Waals surface area contributed by atoms with Gasteiger partial charge < -0.3 is 10.2 Å². The molecule has 0 unspecified atom stereocenters. The number of carbonyl (C=O) groups excluding carboxylic acids is 2. The van der Waals surface area contributed by atoms with E-state index >= 15 is 0 Å². The number of hydrogen-bond acceptors (Lipinski definition) is 4. The van der Waals surface area contributed by atoms with Crippen molar-refractivity contribution in [2.24, 2.45) is 0 Å². The van der Waals surface area contributed by atoms with Gasteiger partial charge in [0, 0.05) is 23.6 Å². The number of imide groups is 1. The van der Waals surface area contributed by atoms with Crippen molar-refractivity contribution in [3.05, 3.63) is 63.6 Å². The number of anilines is 1. The van der Waals surface area contributed by atoms with Gasteiger partial charge in [0.05, 0.1) is 17.3 Å². The number of urea groups is 1. The topological polar surface area (TPSA) is 76.4 Å². The van der Waals surface area contributed by atoms with Gasteiger partial charge in [-0.15, -0.1) is 0 Å². The first-order chi connectivity index (χ1) is 13.3. The predicted octanol–water partition coefficient (Wildman–Crippen LogP) is 3.85. The summed E-state index contributed by atoms with van der Waals surface area (Å²) < 4.78 is 0. The third-order valence-corrected chi connectivity index (χ3v) is 4.59. The van der Waals surface area contributed by atoms with Gasteiger partial charge >= 0.3 is 6.03 Å². The van der Waals surface area contributed by atoms with Gasteiger partial charge in [0.15, 0.2) is 0 Å². The standard InChI is InChI=1S/C12H13Cl2N3O2.C8H7N/c1-15-6-10-11(18)17(12(19)16(10)2)9-4-7(13)3-8(14)5-9;1-7-2-4-8(6-9)5-3-7/h3-5,10,15H,6H2,1-2H3;2-5H,1H3/t10-;/m1./s1. The number of carbonyl (C=O) groups is 2. The number of nitrogens with one attached hydrogen (secondary N) is 1. The highest BCUT2D eigenvalue weighted by Crippen LogP contribution is 2.29. The summed E-state index contributed by atoms with van der Waals surface area (Å²) in [6.07, 6.45) is 0. The van der Waals surface area contributed by atoms with Crippen LogP contribution in [-0.4, -0.2) is 43.5 Å². The van der Waals surface area contributed by atoms with Crippen molar-refractivity contribution in [3.8, 4) is 6.07 Å². The number of hydrogen-bond donors (Lipinski definition) is 1. The Morgan fingerprint density at radius 3 is 2.18 bits per heavy atom. The fourth-order valence-corrected chi connectivity index (χ4v) is 3.17. The third-order valence-electron chi connectivity index (χ3n) is 4.15. The van der Waals surface area contributed by atoms with Crippen LogP contribution in [0.15, 0.2) is 42.5 Å². The van der Waals surface area contributed by atoms with Gasteiger partial charge in [0.1, 0.15) is 6.04 Å². The highest BCUT2D eigenvalue weighted by molar-refractivity contribution is 6.35. The van der Waals surface area contributed by atoms with E-state index < -0.39 is 6.04 Å². The normalized spacial score (nSPS) is 15.9. The van der Waals surface area contributed by atoms with Crippen molar-refractivity contribution in [2.75, 3.05) is 25.5 Å². The Balaban J connectivity index is 0.000000261. The number of nitrogens with zero attached hydrogens (tertiary/aromatic N) is 3. The number of likely N-dealkylation sites (N-methyl/N-ethyl adjacent to an activating group) is 2. The first-order valence-corrected chi connectivity index (χ1v) is 9.22. The lowest BCUT2D eigenvalue weighted by molar-refractivity contribution is -0.119. The van der Waals surface area contributed by atoms with Gasteiger partial charge in [-0.05, 0) is 44.3 Å². The second-order valence-corrected chi connectivity index (χ2v) is 7.12. The van der Waals surface area contributed by atoms with Gasteiger partial charge in [-0.1, -0.05) is 40.9 Å². The fraction of sp³-hybridized carbons (Fsp3) is 0.250. The number of halogens is 2. The van der Waals surface area contributed by atoms with E-state index in [1.54, 1.807) is 32.3 Å². The lowest BCUT2D eigenvalue weighted by atomic mass is 10.2. The molecule has 0 spiro atoms. The van der Waals surface area contributed by atoms with Gasteiger partial charge in [-0.25, -0.2) is 9.69 Å². The molecular weight excluding hydrogens is 399 g/mol. The Morgan fingerprint density at radius 2 is 1.68 bits per heavy atom. The molecule has 6 nitrogen and oxygen atoms in total. The van der Waals surface area contributed by atoms with Crippen molar-refractivity contribution in [2.45, 2.75) is 13.0 Å². The van der Waals surface area contributed by atoms with Crippen LogP contribution >= 0.6 is 23.2 Å². The Kier molecular flexibility index (Phi) is 7.41. The summed E-state index contributed by atoms with van der Waals surface area (Å²) in [4.78, 5) is 26.9. The number of aryl methyl sites for hydroxylation is 1. The van der Waals surface area contributed by atoms with E-state index in [-0.39, 0.29) is 11.9 Å². The van der Waals surface area contributed by atoms with Crippen LogP contribution < -0.4 is 10.2 Å². The van der Waals surface area contributed by atoms with Gasteiger partial charge in [0.25, 0.3) is 5.91 Å². The van der Waals surface area contributed by atoms with Crippen molar-refractivity contribution in [1.29, 1.82) is 5.26 Å². The summed E-state index contributed by atoms with van der Waals surface area (Å²) in [7, 11) is 3.32. The van der Waals surface area contributed by atoms with E-state index in [0.717, 1.165) is 10.5 Å². The molecule has 3 amide bonds. The van der Waals surface area contributed by atoms with Crippen molar-refractivity contribution < 1.29 is 9.59 Å². The number of amides is 3. The quantitative estimate of drug-likeness (QED) is 0.767. The molecule has 0 radical (unpaired) electrons. The molecule has 1 aliphatic heterocycles. The van der Waals surface area contributed by atoms with Crippen LogP contribution in [0.3, 0.4) is 0 Å². The molecule has 1 saturated heterocycles. The lowest BCUT2D eigenvalue weighted by Gasteiger charge is -2.15. The zero-order chi connectivity index (χ0) is 20.8. The molecule has 3 rings (SSSR count). The van der Waals surface area contributed by atoms with Crippen molar-refractivity contribution in [3.63, 3.8) is 0 Å². The van der Waals surface area contributed by atoms with Crippen molar-refractivity contribution >= 4 is 40.8 Å². The molecule has 1 N–H and O–H groups in total.